The molecule has 1 fully saturated rings. The number of hydrazone groups is 2. The lowest BCUT2D eigenvalue weighted by atomic mass is 9.75. The topological polar surface area (TPSA) is 82.9 Å². The van der Waals surface area contributed by atoms with Gasteiger partial charge in [-0.25, -0.2) is 10.9 Å². The average molecular weight is 433 g/mol. The van der Waals surface area contributed by atoms with Crippen LogP contribution in [0.2, 0.25) is 0 Å². The molecule has 3 rings (SSSR count). The van der Waals surface area contributed by atoms with Gasteiger partial charge in [0.15, 0.2) is 0 Å². The Morgan fingerprint density at radius 2 is 1.16 bits per heavy atom. The fraction of sp³-hybridized carbons (Fsp3) is 0.385. The van der Waals surface area contributed by atoms with Crippen LogP contribution in [-0.2, 0) is 0 Å². The van der Waals surface area contributed by atoms with E-state index in [1.54, 1.807) is 0 Å². The molecule has 0 unspecified atom stereocenters. The normalized spacial score (nSPS) is 17.9. The Morgan fingerprint density at radius 1 is 0.750 bits per heavy atom. The molecule has 2 aromatic rings. The van der Waals surface area contributed by atoms with Crippen molar-refractivity contribution >= 4 is 23.2 Å². The summed E-state index contributed by atoms with van der Waals surface area (Å²) in [4.78, 5) is 25.2. The highest BCUT2D eigenvalue weighted by molar-refractivity contribution is 6.08. The molecule has 2 N–H and O–H groups in total. The largest absolute Gasteiger partial charge is 0.271 e. The third-order valence-corrected chi connectivity index (χ3v) is 5.66. The predicted molar refractivity (Wildman–Crippen MR) is 129 cm³/mol. The zero-order valence-electron chi connectivity index (χ0n) is 19.8. The van der Waals surface area contributed by atoms with E-state index < -0.39 is 0 Å². The summed E-state index contributed by atoms with van der Waals surface area (Å²) in [6, 6.07) is 11.4. The summed E-state index contributed by atoms with van der Waals surface area (Å²) in [5.74, 6) is -0.444. The fourth-order valence-electron chi connectivity index (χ4n) is 4.20. The molecule has 0 atom stereocenters. The third kappa shape index (κ3) is 5.90. The molecule has 0 aromatic heterocycles. The second-order valence-electron chi connectivity index (χ2n) is 9.57. The van der Waals surface area contributed by atoms with E-state index in [9.17, 15) is 9.59 Å². The third-order valence-electron chi connectivity index (χ3n) is 5.66. The summed E-state index contributed by atoms with van der Waals surface area (Å²) in [5.41, 5.74) is 12.3. The molecule has 1 aliphatic carbocycles. The van der Waals surface area contributed by atoms with Gasteiger partial charge < -0.3 is 0 Å². The van der Waals surface area contributed by atoms with E-state index in [0.717, 1.165) is 46.5 Å². The first kappa shape index (κ1) is 23.4. The molecule has 1 aliphatic rings. The van der Waals surface area contributed by atoms with Crippen LogP contribution >= 0.6 is 0 Å². The van der Waals surface area contributed by atoms with Crippen LogP contribution in [0.1, 0.15) is 76.1 Å². The van der Waals surface area contributed by atoms with E-state index in [0.29, 0.717) is 17.5 Å². The Balaban J connectivity index is 1.71. The number of benzene rings is 2. The maximum atomic E-state index is 12.6. The molecule has 2 aromatic carbocycles. The highest BCUT2D eigenvalue weighted by Crippen LogP contribution is 2.32. The zero-order chi connectivity index (χ0) is 23.5. The van der Waals surface area contributed by atoms with E-state index in [-0.39, 0.29) is 17.2 Å². The number of hydrogen-bond acceptors (Lipinski definition) is 4. The van der Waals surface area contributed by atoms with Gasteiger partial charge in [0.1, 0.15) is 0 Å². The number of amides is 2. The Morgan fingerprint density at radius 3 is 1.53 bits per heavy atom. The van der Waals surface area contributed by atoms with Crippen molar-refractivity contribution in [1.82, 2.24) is 10.9 Å². The van der Waals surface area contributed by atoms with Crippen molar-refractivity contribution in [3.8, 4) is 0 Å². The van der Waals surface area contributed by atoms with Gasteiger partial charge >= 0.3 is 0 Å². The molecule has 6 heteroatoms. The lowest BCUT2D eigenvalue weighted by Gasteiger charge is -2.31. The van der Waals surface area contributed by atoms with E-state index in [1.807, 2.05) is 64.1 Å². The minimum Gasteiger partial charge on any atom is -0.267 e. The lowest BCUT2D eigenvalue weighted by molar-refractivity contribution is 0.0946. The van der Waals surface area contributed by atoms with Gasteiger partial charge in [-0.05, 0) is 69.2 Å². The van der Waals surface area contributed by atoms with Crippen molar-refractivity contribution in [1.29, 1.82) is 0 Å². The number of carbonyl (C=O) groups excluding carboxylic acids is 2. The monoisotopic (exact) mass is 432 g/mol. The maximum Gasteiger partial charge on any atom is 0.271 e. The number of nitrogens with one attached hydrogen (secondary N) is 2. The molecule has 32 heavy (non-hydrogen) atoms. The number of nitrogens with zero attached hydrogens (tertiary/aromatic N) is 2. The molecule has 168 valence electrons. The molecule has 0 heterocycles. The zero-order valence-corrected chi connectivity index (χ0v) is 19.8. The molecule has 0 bridgehead atoms. The van der Waals surface area contributed by atoms with Crippen LogP contribution in [0.15, 0.2) is 46.6 Å². The quantitative estimate of drug-likeness (QED) is 0.666. The minimum atomic E-state index is -0.222. The number of carbonyl (C=O) groups is 2. The van der Waals surface area contributed by atoms with E-state index in [2.05, 4.69) is 34.9 Å². The second-order valence-corrected chi connectivity index (χ2v) is 9.57. The van der Waals surface area contributed by atoms with Crippen LogP contribution < -0.4 is 10.9 Å². The van der Waals surface area contributed by atoms with Crippen molar-refractivity contribution < 1.29 is 9.59 Å². The Bertz CT molecular complexity index is 1030. The van der Waals surface area contributed by atoms with Gasteiger partial charge in [0, 0.05) is 29.0 Å². The van der Waals surface area contributed by atoms with Crippen LogP contribution in [0.25, 0.3) is 0 Å². The molecule has 0 aliphatic heterocycles. The second kappa shape index (κ2) is 9.47. The summed E-state index contributed by atoms with van der Waals surface area (Å²) in [6.07, 6.45) is 2.03. The molecule has 0 spiro atoms. The van der Waals surface area contributed by atoms with Gasteiger partial charge in [0.2, 0.25) is 0 Å². The van der Waals surface area contributed by atoms with Gasteiger partial charge in [-0.2, -0.15) is 10.2 Å². The van der Waals surface area contributed by atoms with Gasteiger partial charge in [0.05, 0.1) is 0 Å². The van der Waals surface area contributed by atoms with E-state index in [4.69, 9.17) is 0 Å². The Hall–Kier alpha value is -3.28. The molecular weight excluding hydrogens is 400 g/mol. The number of hydrogen-bond donors (Lipinski definition) is 2. The first-order valence-electron chi connectivity index (χ1n) is 10.9. The molecular formula is C26H32N4O2. The van der Waals surface area contributed by atoms with Gasteiger partial charge in [-0.15, -0.1) is 0 Å². The summed E-state index contributed by atoms with van der Waals surface area (Å²) in [7, 11) is 0. The maximum absolute atomic E-state index is 12.6. The average Bonchev–Trinajstić information content (AvgIpc) is 2.69. The number of aryl methyl sites for hydroxylation is 4. The summed E-state index contributed by atoms with van der Waals surface area (Å²) >= 11 is 0. The molecule has 6 nitrogen and oxygen atoms in total. The molecule has 2 amide bonds. The Labute approximate surface area is 190 Å². The van der Waals surface area contributed by atoms with Crippen molar-refractivity contribution in [3.63, 3.8) is 0 Å². The van der Waals surface area contributed by atoms with Crippen LogP contribution in [0, 0.1) is 33.1 Å². The molecule has 0 saturated heterocycles. The van der Waals surface area contributed by atoms with Crippen LogP contribution in [0.4, 0.5) is 0 Å². The van der Waals surface area contributed by atoms with Crippen molar-refractivity contribution in [2.24, 2.45) is 15.6 Å². The molecule has 0 radical (unpaired) electrons. The first-order chi connectivity index (χ1) is 15.0. The predicted octanol–water partition coefficient (Wildman–Crippen LogP) is 5.00. The van der Waals surface area contributed by atoms with Gasteiger partial charge in [0.25, 0.3) is 11.8 Å². The summed E-state index contributed by atoms with van der Waals surface area (Å²) in [6.45, 7) is 12.1. The van der Waals surface area contributed by atoms with Gasteiger partial charge in [-0.1, -0.05) is 49.2 Å². The van der Waals surface area contributed by atoms with E-state index in [1.165, 1.54) is 0 Å². The van der Waals surface area contributed by atoms with E-state index >= 15 is 0 Å². The lowest BCUT2D eigenvalue weighted by Crippen LogP contribution is -2.33. The SMILES string of the molecule is Cc1ccc(C(=O)N/N=C2/C/C(=N/NC(=O)c3ccc(C)cc3C)CC(C)(C)C2)c(C)c1. The number of rotatable bonds is 4. The highest BCUT2D eigenvalue weighted by atomic mass is 16.2. The fourth-order valence-corrected chi connectivity index (χ4v) is 4.20. The van der Waals surface area contributed by atoms with Crippen molar-refractivity contribution in [2.75, 3.05) is 0 Å². The first-order valence-corrected chi connectivity index (χ1v) is 10.9. The standard InChI is InChI=1S/C26H32N4O2/c1-16-7-9-22(18(3)11-16)24(31)29-27-20-13-21(15-26(5,6)14-20)28-30-25(32)23-10-8-17(2)12-19(23)4/h7-12H,13-15H2,1-6H3,(H,29,31)(H,30,32)/b27-20-,28-21-. The Kier molecular flexibility index (Phi) is 6.92. The molecule has 1 saturated carbocycles. The van der Waals surface area contributed by atoms with Crippen molar-refractivity contribution in [2.45, 2.75) is 60.8 Å². The van der Waals surface area contributed by atoms with Crippen LogP contribution in [0.3, 0.4) is 0 Å². The minimum absolute atomic E-state index is 0.0646. The van der Waals surface area contributed by atoms with Crippen molar-refractivity contribution in [3.05, 3.63) is 69.8 Å². The highest BCUT2D eigenvalue weighted by Gasteiger charge is 2.30. The van der Waals surface area contributed by atoms with Gasteiger partial charge in [-0.3, -0.25) is 9.59 Å². The smallest absolute Gasteiger partial charge is 0.267 e. The summed E-state index contributed by atoms with van der Waals surface area (Å²) in [5, 5.41) is 8.80. The van der Waals surface area contributed by atoms with Crippen LogP contribution in [-0.4, -0.2) is 23.2 Å². The summed E-state index contributed by atoms with van der Waals surface area (Å²) < 4.78 is 0. The van der Waals surface area contributed by atoms with Crippen LogP contribution in [0.5, 0.6) is 0 Å².